The highest BCUT2D eigenvalue weighted by Crippen LogP contribution is 2.40. The van der Waals surface area contributed by atoms with Gasteiger partial charge in [0.25, 0.3) is 11.5 Å². The van der Waals surface area contributed by atoms with Crippen LogP contribution in [-0.4, -0.2) is 49.4 Å². The number of pyridine rings is 1. The summed E-state index contributed by atoms with van der Waals surface area (Å²) in [5, 5.41) is 6.57. The normalized spacial score (nSPS) is 15.0. The summed E-state index contributed by atoms with van der Waals surface area (Å²) in [5.41, 5.74) is 6.37. The highest BCUT2D eigenvalue weighted by molar-refractivity contribution is 6.09. The van der Waals surface area contributed by atoms with E-state index in [0.717, 1.165) is 43.4 Å². The Balaban J connectivity index is 1.47. The van der Waals surface area contributed by atoms with Gasteiger partial charge >= 0.3 is 0 Å². The zero-order valence-electron chi connectivity index (χ0n) is 22.4. The molecule has 13 heteroatoms. The Morgan fingerprint density at radius 2 is 1.83 bits per heavy atom. The number of hydrogen-bond acceptors (Lipinski definition) is 7. The average Bonchev–Trinajstić information content (AvgIpc) is 3.58. The van der Waals surface area contributed by atoms with Crippen molar-refractivity contribution in [2.45, 2.75) is 18.9 Å². The van der Waals surface area contributed by atoms with Gasteiger partial charge in [0.1, 0.15) is 22.6 Å². The van der Waals surface area contributed by atoms with Crippen molar-refractivity contribution < 1.29 is 18.0 Å². The van der Waals surface area contributed by atoms with Crippen LogP contribution in [-0.2, 0) is 7.05 Å². The number of amides is 1. The van der Waals surface area contributed by atoms with Gasteiger partial charge in [-0.2, -0.15) is 9.78 Å². The number of benzene rings is 2. The largest absolute Gasteiger partial charge is 0.364 e. The standard InChI is InChI=1S/C29H25F3N8O2/c1-38-23-8-7-22(36-28(41)18-10-12-35-40(29(18)42)25-19(30)5-2-6-20(25)31)26(39-13-3-4-16(39)14-33)24(23)37-27(38)17-9-11-34-15-21(17)32/h2,5-12,15-16H,3-4,13-14,33H2,1H3,(H,36,41)/t16-/m0/s1. The lowest BCUT2D eigenvalue weighted by Crippen LogP contribution is -2.36. The fourth-order valence-corrected chi connectivity index (χ4v) is 5.43. The number of nitrogens with one attached hydrogen (secondary N) is 1. The van der Waals surface area contributed by atoms with Crippen molar-refractivity contribution in [3.05, 3.63) is 94.4 Å². The Morgan fingerprint density at radius 3 is 2.57 bits per heavy atom. The molecule has 0 spiro atoms. The molecule has 6 rings (SSSR count). The summed E-state index contributed by atoms with van der Waals surface area (Å²) in [6.07, 6.45) is 5.38. The molecule has 0 radical (unpaired) electrons. The van der Waals surface area contributed by atoms with Gasteiger partial charge in [0.2, 0.25) is 0 Å². The van der Waals surface area contributed by atoms with Gasteiger partial charge in [-0.1, -0.05) is 6.07 Å². The molecule has 1 atom stereocenters. The molecule has 4 heterocycles. The lowest BCUT2D eigenvalue weighted by Gasteiger charge is -2.28. The molecule has 1 aliphatic heterocycles. The molecule has 3 aromatic heterocycles. The van der Waals surface area contributed by atoms with Crippen molar-refractivity contribution in [1.29, 1.82) is 0 Å². The molecular weight excluding hydrogens is 549 g/mol. The summed E-state index contributed by atoms with van der Waals surface area (Å²) in [6, 6.07) is 9.21. The van der Waals surface area contributed by atoms with Crippen LogP contribution >= 0.6 is 0 Å². The lowest BCUT2D eigenvalue weighted by atomic mass is 10.1. The number of rotatable bonds is 6. The van der Waals surface area contributed by atoms with E-state index in [1.54, 1.807) is 23.7 Å². The van der Waals surface area contributed by atoms with Crippen molar-refractivity contribution in [2.75, 3.05) is 23.3 Å². The lowest BCUT2D eigenvalue weighted by molar-refractivity contribution is 0.102. The van der Waals surface area contributed by atoms with Crippen molar-refractivity contribution in [3.63, 3.8) is 0 Å². The van der Waals surface area contributed by atoms with Crippen molar-refractivity contribution in [3.8, 4) is 17.1 Å². The number of nitrogens with zero attached hydrogens (tertiary/aromatic N) is 6. The maximum absolute atomic E-state index is 14.7. The van der Waals surface area contributed by atoms with Crippen molar-refractivity contribution >= 4 is 28.3 Å². The van der Waals surface area contributed by atoms with Crippen molar-refractivity contribution in [1.82, 2.24) is 24.3 Å². The van der Waals surface area contributed by atoms with Crippen LogP contribution in [0.5, 0.6) is 0 Å². The number of para-hydroxylation sites is 1. The first kappa shape index (κ1) is 27.1. The molecule has 10 nitrogen and oxygen atoms in total. The van der Waals surface area contributed by atoms with E-state index in [1.807, 2.05) is 0 Å². The van der Waals surface area contributed by atoms with Gasteiger partial charge in [0, 0.05) is 38.6 Å². The zero-order chi connectivity index (χ0) is 29.5. The molecule has 0 unspecified atom stereocenters. The Morgan fingerprint density at radius 1 is 1.05 bits per heavy atom. The smallest absolute Gasteiger partial charge is 0.284 e. The number of hydrogen-bond donors (Lipinski definition) is 2. The predicted octanol–water partition coefficient (Wildman–Crippen LogP) is 3.78. The number of anilines is 2. The summed E-state index contributed by atoms with van der Waals surface area (Å²) in [4.78, 5) is 37.4. The summed E-state index contributed by atoms with van der Waals surface area (Å²) in [7, 11) is 1.76. The number of aromatic nitrogens is 5. The Labute approximate surface area is 237 Å². The minimum absolute atomic E-state index is 0.0449. The number of nitrogens with two attached hydrogens (primary N) is 1. The minimum atomic E-state index is -1.01. The molecule has 3 N–H and O–H groups in total. The SMILES string of the molecule is Cn1c(-c2ccncc2F)nc2c(N3CCC[C@H]3CN)c(NC(=O)c3ccnn(-c4c(F)cccc4F)c3=O)ccc21. The monoisotopic (exact) mass is 574 g/mol. The quantitative estimate of drug-likeness (QED) is 0.316. The first-order chi connectivity index (χ1) is 20.3. The molecule has 1 fully saturated rings. The van der Waals surface area contributed by atoms with E-state index in [4.69, 9.17) is 10.7 Å². The third-order valence-electron chi connectivity index (χ3n) is 7.46. The van der Waals surface area contributed by atoms with E-state index in [-0.39, 0.29) is 17.2 Å². The number of carbonyl (C=O) groups is 1. The minimum Gasteiger partial charge on any atom is -0.364 e. The van der Waals surface area contributed by atoms with Crippen LogP contribution in [0.3, 0.4) is 0 Å². The van der Waals surface area contributed by atoms with Gasteiger partial charge in [-0.05, 0) is 49.2 Å². The highest BCUT2D eigenvalue weighted by atomic mass is 19.1. The first-order valence-corrected chi connectivity index (χ1v) is 13.2. The van der Waals surface area contributed by atoms with Crippen LogP contribution in [0.4, 0.5) is 24.5 Å². The molecule has 214 valence electrons. The second kappa shape index (κ2) is 10.7. The summed E-state index contributed by atoms with van der Waals surface area (Å²) < 4.78 is 45.8. The topological polar surface area (TPSA) is 124 Å². The summed E-state index contributed by atoms with van der Waals surface area (Å²) in [6.45, 7) is 0.986. The van der Waals surface area contributed by atoms with Gasteiger partial charge in [0.05, 0.1) is 28.7 Å². The Kier molecular flexibility index (Phi) is 6.94. The van der Waals surface area contributed by atoms with E-state index in [1.165, 1.54) is 18.3 Å². The molecule has 2 aromatic carbocycles. The number of fused-ring (bicyclic) bond motifs is 1. The molecular formula is C29H25F3N8O2. The second-order valence-electron chi connectivity index (χ2n) is 9.89. The van der Waals surface area contributed by atoms with E-state index in [2.05, 4.69) is 20.3 Å². The molecule has 1 saturated heterocycles. The predicted molar refractivity (Wildman–Crippen MR) is 151 cm³/mol. The van der Waals surface area contributed by atoms with Crippen LogP contribution < -0.4 is 21.5 Å². The van der Waals surface area contributed by atoms with Crippen LogP contribution in [0.15, 0.2) is 65.8 Å². The fourth-order valence-electron chi connectivity index (χ4n) is 5.43. The number of imidazole rings is 1. The maximum Gasteiger partial charge on any atom is 0.284 e. The van der Waals surface area contributed by atoms with Gasteiger partial charge in [-0.25, -0.2) is 18.2 Å². The zero-order valence-corrected chi connectivity index (χ0v) is 22.4. The summed E-state index contributed by atoms with van der Waals surface area (Å²) in [5.74, 6) is -3.00. The maximum atomic E-state index is 14.7. The van der Waals surface area contributed by atoms with Gasteiger partial charge in [0.15, 0.2) is 17.5 Å². The third kappa shape index (κ3) is 4.47. The van der Waals surface area contributed by atoms with E-state index < -0.39 is 34.6 Å². The Bertz CT molecular complexity index is 1880. The summed E-state index contributed by atoms with van der Waals surface area (Å²) >= 11 is 0. The Hall–Kier alpha value is -5.04. The molecule has 1 amide bonds. The van der Waals surface area contributed by atoms with Gasteiger partial charge in [-0.3, -0.25) is 14.6 Å². The first-order valence-electron chi connectivity index (χ1n) is 13.2. The van der Waals surface area contributed by atoms with E-state index in [0.29, 0.717) is 46.0 Å². The fraction of sp³-hybridized carbons (Fsp3) is 0.207. The molecule has 1 aliphatic rings. The highest BCUT2D eigenvalue weighted by Gasteiger charge is 2.30. The van der Waals surface area contributed by atoms with Crippen LogP contribution in [0.25, 0.3) is 28.1 Å². The van der Waals surface area contributed by atoms with Crippen LogP contribution in [0.2, 0.25) is 0 Å². The van der Waals surface area contributed by atoms with E-state index >= 15 is 0 Å². The molecule has 42 heavy (non-hydrogen) atoms. The number of carbonyl (C=O) groups excluding carboxylic acids is 1. The second-order valence-corrected chi connectivity index (χ2v) is 9.89. The van der Waals surface area contributed by atoms with Crippen molar-refractivity contribution in [2.24, 2.45) is 12.8 Å². The van der Waals surface area contributed by atoms with Crippen LogP contribution in [0, 0.1) is 17.5 Å². The van der Waals surface area contributed by atoms with Gasteiger partial charge in [-0.15, -0.1) is 0 Å². The molecule has 0 saturated carbocycles. The molecule has 0 aliphatic carbocycles. The number of aryl methyl sites for hydroxylation is 1. The average molecular weight is 575 g/mol. The molecule has 0 bridgehead atoms. The third-order valence-corrected chi connectivity index (χ3v) is 7.46. The van der Waals surface area contributed by atoms with Crippen LogP contribution in [0.1, 0.15) is 23.2 Å². The van der Waals surface area contributed by atoms with E-state index in [9.17, 15) is 22.8 Å². The number of halogens is 3. The molecule has 5 aromatic rings. The van der Waals surface area contributed by atoms with Gasteiger partial charge < -0.3 is 20.5 Å².